The SMILES string of the molecule is c1ccc2[nH]c(-c3ncncn3)cc2c1. The number of nitrogens with zero attached hydrogens (tertiary/aromatic N) is 3. The van der Waals surface area contributed by atoms with Crippen molar-refractivity contribution in [3.63, 3.8) is 0 Å². The van der Waals surface area contributed by atoms with Gasteiger partial charge in [0.15, 0.2) is 5.82 Å². The molecule has 4 nitrogen and oxygen atoms in total. The highest BCUT2D eigenvalue weighted by Crippen LogP contribution is 2.20. The van der Waals surface area contributed by atoms with Crippen molar-refractivity contribution in [2.45, 2.75) is 0 Å². The second-order valence-corrected chi connectivity index (χ2v) is 3.23. The van der Waals surface area contributed by atoms with E-state index in [2.05, 4.69) is 26.0 Å². The molecule has 2 heterocycles. The smallest absolute Gasteiger partial charge is 0.178 e. The van der Waals surface area contributed by atoms with Crippen LogP contribution in [0.2, 0.25) is 0 Å². The fourth-order valence-electron chi connectivity index (χ4n) is 1.57. The number of rotatable bonds is 1. The summed E-state index contributed by atoms with van der Waals surface area (Å²) in [6.45, 7) is 0. The average molecular weight is 196 g/mol. The topological polar surface area (TPSA) is 54.5 Å². The molecule has 0 radical (unpaired) electrons. The molecule has 0 unspecified atom stereocenters. The Labute approximate surface area is 86.0 Å². The maximum Gasteiger partial charge on any atom is 0.178 e. The lowest BCUT2D eigenvalue weighted by molar-refractivity contribution is 1.05. The van der Waals surface area contributed by atoms with Crippen molar-refractivity contribution in [3.05, 3.63) is 43.0 Å². The Balaban J connectivity index is 2.21. The van der Waals surface area contributed by atoms with Crippen LogP contribution in [0, 0.1) is 0 Å². The summed E-state index contributed by atoms with van der Waals surface area (Å²) in [6, 6.07) is 10.1. The standard InChI is InChI=1S/C11H8N4/c1-2-4-9-8(3-1)5-10(15-9)11-13-6-12-7-14-11/h1-7,15H. The number of fused-ring (bicyclic) bond motifs is 1. The molecule has 0 aliphatic carbocycles. The normalized spacial score (nSPS) is 10.7. The van der Waals surface area contributed by atoms with Crippen molar-refractivity contribution in [3.8, 4) is 11.5 Å². The van der Waals surface area contributed by atoms with Gasteiger partial charge in [0.1, 0.15) is 12.7 Å². The van der Waals surface area contributed by atoms with Crippen LogP contribution in [-0.4, -0.2) is 19.9 Å². The molecular formula is C11H8N4. The highest BCUT2D eigenvalue weighted by atomic mass is 15.0. The lowest BCUT2D eigenvalue weighted by atomic mass is 10.2. The van der Waals surface area contributed by atoms with E-state index in [0.29, 0.717) is 5.82 Å². The molecular weight excluding hydrogens is 188 g/mol. The lowest BCUT2D eigenvalue weighted by Gasteiger charge is -1.91. The molecule has 1 aromatic carbocycles. The van der Waals surface area contributed by atoms with Gasteiger partial charge in [-0.05, 0) is 12.1 Å². The molecule has 0 amide bonds. The van der Waals surface area contributed by atoms with Gasteiger partial charge in [-0.25, -0.2) is 15.0 Å². The zero-order valence-electron chi connectivity index (χ0n) is 7.88. The van der Waals surface area contributed by atoms with Crippen molar-refractivity contribution in [2.75, 3.05) is 0 Å². The number of para-hydroxylation sites is 1. The van der Waals surface area contributed by atoms with Gasteiger partial charge in [0.05, 0.1) is 5.69 Å². The number of nitrogens with one attached hydrogen (secondary N) is 1. The highest BCUT2D eigenvalue weighted by Gasteiger charge is 2.03. The molecule has 0 atom stereocenters. The summed E-state index contributed by atoms with van der Waals surface area (Å²) in [7, 11) is 0. The number of aromatic amines is 1. The molecule has 4 heteroatoms. The van der Waals surface area contributed by atoms with Crippen LogP contribution in [0.15, 0.2) is 43.0 Å². The second-order valence-electron chi connectivity index (χ2n) is 3.23. The molecule has 2 aromatic heterocycles. The minimum atomic E-state index is 0.668. The monoisotopic (exact) mass is 196 g/mol. The van der Waals surface area contributed by atoms with E-state index in [4.69, 9.17) is 0 Å². The van der Waals surface area contributed by atoms with Crippen LogP contribution in [0.4, 0.5) is 0 Å². The third-order valence-corrected chi connectivity index (χ3v) is 2.26. The van der Waals surface area contributed by atoms with Gasteiger partial charge in [0.25, 0.3) is 0 Å². The Bertz CT molecular complexity index is 553. The number of hydrogen-bond acceptors (Lipinski definition) is 3. The number of benzene rings is 1. The van der Waals surface area contributed by atoms with Crippen LogP contribution in [0.25, 0.3) is 22.4 Å². The van der Waals surface area contributed by atoms with Gasteiger partial charge >= 0.3 is 0 Å². The van der Waals surface area contributed by atoms with Crippen molar-refractivity contribution in [1.82, 2.24) is 19.9 Å². The van der Waals surface area contributed by atoms with Gasteiger partial charge in [-0.1, -0.05) is 18.2 Å². The molecule has 0 spiro atoms. The number of aromatic nitrogens is 4. The lowest BCUT2D eigenvalue weighted by Crippen LogP contribution is -1.88. The first-order valence-electron chi connectivity index (χ1n) is 4.63. The van der Waals surface area contributed by atoms with Crippen LogP contribution < -0.4 is 0 Å². The first-order valence-corrected chi connectivity index (χ1v) is 4.63. The molecule has 0 aliphatic heterocycles. The van der Waals surface area contributed by atoms with E-state index >= 15 is 0 Å². The van der Waals surface area contributed by atoms with E-state index in [1.165, 1.54) is 12.7 Å². The minimum absolute atomic E-state index is 0.668. The highest BCUT2D eigenvalue weighted by molar-refractivity contribution is 5.84. The first kappa shape index (κ1) is 8.11. The summed E-state index contributed by atoms with van der Waals surface area (Å²) in [5, 5.41) is 1.16. The second kappa shape index (κ2) is 3.16. The summed E-state index contributed by atoms with van der Waals surface area (Å²) in [6.07, 6.45) is 2.99. The Morgan fingerprint density at radius 2 is 1.80 bits per heavy atom. The largest absolute Gasteiger partial charge is 0.352 e. The number of hydrogen-bond donors (Lipinski definition) is 1. The first-order chi connectivity index (χ1) is 7.43. The van der Waals surface area contributed by atoms with Gasteiger partial charge in [-0.15, -0.1) is 0 Å². The van der Waals surface area contributed by atoms with Gasteiger partial charge in [0, 0.05) is 10.9 Å². The quantitative estimate of drug-likeness (QED) is 0.647. The summed E-state index contributed by atoms with van der Waals surface area (Å²) >= 11 is 0. The van der Waals surface area contributed by atoms with Crippen LogP contribution in [-0.2, 0) is 0 Å². The maximum atomic E-state index is 4.09. The van der Waals surface area contributed by atoms with E-state index in [1.54, 1.807) is 0 Å². The molecule has 0 saturated heterocycles. The molecule has 0 aliphatic rings. The third-order valence-electron chi connectivity index (χ3n) is 2.26. The fraction of sp³-hybridized carbons (Fsp3) is 0. The van der Waals surface area contributed by atoms with E-state index in [0.717, 1.165) is 16.6 Å². The maximum absolute atomic E-state index is 4.09. The predicted molar refractivity (Wildman–Crippen MR) is 57.1 cm³/mol. The molecule has 3 rings (SSSR count). The molecule has 0 saturated carbocycles. The number of H-pyrrole nitrogens is 1. The minimum Gasteiger partial charge on any atom is -0.352 e. The van der Waals surface area contributed by atoms with Crippen LogP contribution in [0.1, 0.15) is 0 Å². The molecule has 15 heavy (non-hydrogen) atoms. The summed E-state index contributed by atoms with van der Waals surface area (Å²) in [5.41, 5.74) is 2.01. The summed E-state index contributed by atoms with van der Waals surface area (Å²) in [4.78, 5) is 15.2. The summed E-state index contributed by atoms with van der Waals surface area (Å²) < 4.78 is 0. The van der Waals surface area contributed by atoms with Crippen LogP contribution >= 0.6 is 0 Å². The molecule has 1 N–H and O–H groups in total. The zero-order valence-corrected chi connectivity index (χ0v) is 7.88. The van der Waals surface area contributed by atoms with Crippen LogP contribution in [0.3, 0.4) is 0 Å². The third kappa shape index (κ3) is 1.36. The van der Waals surface area contributed by atoms with E-state index in [-0.39, 0.29) is 0 Å². The van der Waals surface area contributed by atoms with Crippen LogP contribution in [0.5, 0.6) is 0 Å². The van der Waals surface area contributed by atoms with Crippen molar-refractivity contribution in [2.24, 2.45) is 0 Å². The van der Waals surface area contributed by atoms with E-state index < -0.39 is 0 Å². The zero-order chi connectivity index (χ0) is 10.1. The Morgan fingerprint density at radius 3 is 2.60 bits per heavy atom. The van der Waals surface area contributed by atoms with Gasteiger partial charge in [-0.2, -0.15) is 0 Å². The summed E-state index contributed by atoms with van der Waals surface area (Å²) in [5.74, 6) is 0.668. The average Bonchev–Trinajstić information content (AvgIpc) is 2.74. The predicted octanol–water partition coefficient (Wildman–Crippen LogP) is 2.02. The Morgan fingerprint density at radius 1 is 1.00 bits per heavy atom. The molecule has 0 fully saturated rings. The van der Waals surface area contributed by atoms with Gasteiger partial charge < -0.3 is 4.98 Å². The van der Waals surface area contributed by atoms with Gasteiger partial charge in [0.2, 0.25) is 0 Å². The van der Waals surface area contributed by atoms with E-state index in [9.17, 15) is 0 Å². The van der Waals surface area contributed by atoms with E-state index in [1.807, 2.05) is 24.3 Å². The molecule has 3 aromatic rings. The molecule has 0 bridgehead atoms. The Kier molecular flexibility index (Phi) is 1.71. The van der Waals surface area contributed by atoms with Crippen molar-refractivity contribution >= 4 is 10.9 Å². The fourth-order valence-corrected chi connectivity index (χ4v) is 1.57. The van der Waals surface area contributed by atoms with Crippen molar-refractivity contribution in [1.29, 1.82) is 0 Å². The van der Waals surface area contributed by atoms with Crippen molar-refractivity contribution < 1.29 is 0 Å². The Hall–Kier alpha value is -2.23. The molecule has 72 valence electrons. The van der Waals surface area contributed by atoms with Gasteiger partial charge in [-0.3, -0.25) is 0 Å².